The van der Waals surface area contributed by atoms with Crippen molar-refractivity contribution < 1.29 is 9.59 Å². The summed E-state index contributed by atoms with van der Waals surface area (Å²) in [5.74, 6) is -0.0588. The number of rotatable bonds is 6. The second-order valence-electron chi connectivity index (χ2n) is 5.92. The van der Waals surface area contributed by atoms with E-state index in [1.54, 1.807) is 6.92 Å². The molecule has 1 aromatic carbocycles. The first-order chi connectivity index (χ1) is 11.1. The van der Waals surface area contributed by atoms with Crippen LogP contribution >= 0.6 is 0 Å². The van der Waals surface area contributed by atoms with Crippen molar-refractivity contribution in [3.8, 4) is 0 Å². The highest BCUT2D eigenvalue weighted by atomic mass is 16.2. The number of aryl methyl sites for hydroxylation is 1. The molecule has 1 fully saturated rings. The highest BCUT2D eigenvalue weighted by Crippen LogP contribution is 2.10. The summed E-state index contributed by atoms with van der Waals surface area (Å²) < 4.78 is 0. The summed E-state index contributed by atoms with van der Waals surface area (Å²) in [5.41, 5.74) is 2.35. The maximum absolute atomic E-state index is 12.8. The maximum Gasteiger partial charge on any atom is 0.245 e. The second kappa shape index (κ2) is 8.67. The summed E-state index contributed by atoms with van der Waals surface area (Å²) in [6.45, 7) is 6.94. The number of benzene rings is 1. The van der Waals surface area contributed by atoms with Gasteiger partial charge in [-0.3, -0.25) is 9.59 Å². The van der Waals surface area contributed by atoms with Gasteiger partial charge in [-0.15, -0.1) is 0 Å². The van der Waals surface area contributed by atoms with Gasteiger partial charge in [0.25, 0.3) is 0 Å². The van der Waals surface area contributed by atoms with Crippen molar-refractivity contribution in [1.82, 2.24) is 15.5 Å². The molecule has 1 atom stereocenters. The van der Waals surface area contributed by atoms with Gasteiger partial charge in [0, 0.05) is 39.0 Å². The van der Waals surface area contributed by atoms with Crippen LogP contribution in [0.25, 0.3) is 0 Å². The predicted octanol–water partition coefficient (Wildman–Crippen LogP) is 1.12. The molecule has 2 rings (SSSR count). The molecule has 5 heteroatoms. The van der Waals surface area contributed by atoms with Gasteiger partial charge in [-0.25, -0.2) is 0 Å². The lowest BCUT2D eigenvalue weighted by molar-refractivity contribution is -0.136. The van der Waals surface area contributed by atoms with E-state index in [2.05, 4.69) is 41.8 Å². The number of hydrogen-bond acceptors (Lipinski definition) is 3. The summed E-state index contributed by atoms with van der Waals surface area (Å²) in [4.78, 5) is 26.4. The van der Waals surface area contributed by atoms with E-state index in [9.17, 15) is 9.59 Å². The van der Waals surface area contributed by atoms with Gasteiger partial charge in [0.2, 0.25) is 11.8 Å². The smallest absolute Gasteiger partial charge is 0.245 e. The fourth-order valence-corrected chi connectivity index (χ4v) is 2.75. The zero-order valence-electron chi connectivity index (χ0n) is 14.1. The van der Waals surface area contributed by atoms with Crippen molar-refractivity contribution in [2.24, 2.45) is 0 Å². The molecular formula is C18H27N3O2. The zero-order valence-corrected chi connectivity index (χ0v) is 14.1. The Hall–Kier alpha value is -1.88. The fraction of sp³-hybridized carbons (Fsp3) is 0.556. The zero-order chi connectivity index (χ0) is 16.7. The second-order valence-corrected chi connectivity index (χ2v) is 5.92. The van der Waals surface area contributed by atoms with E-state index in [0.717, 1.165) is 25.1 Å². The summed E-state index contributed by atoms with van der Waals surface area (Å²) in [5, 5.41) is 6.13. The number of nitrogens with one attached hydrogen (secondary N) is 2. The van der Waals surface area contributed by atoms with E-state index in [1.807, 2.05) is 4.90 Å². The third-order valence-electron chi connectivity index (χ3n) is 4.25. The largest absolute Gasteiger partial charge is 0.344 e. The summed E-state index contributed by atoms with van der Waals surface area (Å²) in [7, 11) is 0. The molecular weight excluding hydrogens is 290 g/mol. The molecule has 5 nitrogen and oxygen atoms in total. The molecule has 1 heterocycles. The topological polar surface area (TPSA) is 61.4 Å². The Morgan fingerprint density at radius 1 is 1.13 bits per heavy atom. The molecule has 2 amide bonds. The van der Waals surface area contributed by atoms with Crippen LogP contribution in [0.2, 0.25) is 0 Å². The van der Waals surface area contributed by atoms with Gasteiger partial charge in [0.1, 0.15) is 6.04 Å². The molecule has 0 saturated carbocycles. The predicted molar refractivity (Wildman–Crippen MR) is 91.2 cm³/mol. The molecule has 2 N–H and O–H groups in total. The number of hydrogen-bond donors (Lipinski definition) is 2. The minimum absolute atomic E-state index is 0.0212. The lowest BCUT2D eigenvalue weighted by Gasteiger charge is -2.31. The van der Waals surface area contributed by atoms with Crippen molar-refractivity contribution in [3.05, 3.63) is 35.4 Å². The van der Waals surface area contributed by atoms with Gasteiger partial charge in [-0.1, -0.05) is 38.1 Å². The monoisotopic (exact) mass is 317 g/mol. The molecule has 0 unspecified atom stereocenters. The van der Waals surface area contributed by atoms with Gasteiger partial charge in [0.15, 0.2) is 0 Å². The van der Waals surface area contributed by atoms with Crippen molar-refractivity contribution in [3.63, 3.8) is 0 Å². The normalized spacial score (nSPS) is 16.0. The summed E-state index contributed by atoms with van der Waals surface area (Å²) >= 11 is 0. The molecule has 126 valence electrons. The fourth-order valence-electron chi connectivity index (χ4n) is 2.75. The first kappa shape index (κ1) is 17.5. The average Bonchev–Trinajstić information content (AvgIpc) is 2.61. The lowest BCUT2D eigenvalue weighted by atomic mass is 10.0. The van der Waals surface area contributed by atoms with E-state index < -0.39 is 6.04 Å². The van der Waals surface area contributed by atoms with Crippen LogP contribution in [-0.4, -0.2) is 48.9 Å². The number of nitrogens with zero attached hydrogens (tertiary/aromatic N) is 1. The van der Waals surface area contributed by atoms with Crippen LogP contribution in [0.1, 0.15) is 31.4 Å². The summed E-state index contributed by atoms with van der Waals surface area (Å²) in [6, 6.07) is 7.80. The molecule has 1 saturated heterocycles. The third kappa shape index (κ3) is 5.06. The standard InChI is InChI=1S/C18H27N3O2/c1-3-14-5-7-15(8-6-14)13-16(20-17(22)4-2)18(23)21-11-9-19-10-12-21/h5-8,16,19H,3-4,9-13H2,1-2H3,(H,20,22)/t16-/m1/s1. The van der Waals surface area contributed by atoms with Crippen LogP contribution in [0, 0.1) is 0 Å². The molecule has 1 aromatic rings. The minimum atomic E-state index is -0.479. The van der Waals surface area contributed by atoms with Crippen LogP contribution in [-0.2, 0) is 22.4 Å². The Morgan fingerprint density at radius 2 is 1.74 bits per heavy atom. The van der Waals surface area contributed by atoms with Crippen molar-refractivity contribution in [1.29, 1.82) is 0 Å². The third-order valence-corrected chi connectivity index (χ3v) is 4.25. The molecule has 0 aliphatic carbocycles. The first-order valence-corrected chi connectivity index (χ1v) is 8.50. The Morgan fingerprint density at radius 3 is 2.30 bits per heavy atom. The average molecular weight is 317 g/mol. The molecule has 1 aliphatic rings. The number of amides is 2. The van der Waals surface area contributed by atoms with Gasteiger partial charge in [-0.2, -0.15) is 0 Å². The van der Waals surface area contributed by atoms with Crippen LogP contribution < -0.4 is 10.6 Å². The summed E-state index contributed by atoms with van der Waals surface area (Å²) in [6.07, 6.45) is 1.93. The van der Waals surface area contributed by atoms with Crippen LogP contribution in [0.15, 0.2) is 24.3 Å². The number of piperazine rings is 1. The first-order valence-electron chi connectivity index (χ1n) is 8.50. The van der Waals surface area contributed by atoms with E-state index >= 15 is 0 Å². The van der Waals surface area contributed by atoms with Crippen molar-refractivity contribution >= 4 is 11.8 Å². The molecule has 0 radical (unpaired) electrons. The Labute approximate surface area is 138 Å². The lowest BCUT2D eigenvalue weighted by Crippen LogP contribution is -2.54. The molecule has 0 aromatic heterocycles. The van der Waals surface area contributed by atoms with Crippen LogP contribution in [0.5, 0.6) is 0 Å². The molecule has 0 bridgehead atoms. The van der Waals surface area contributed by atoms with Gasteiger partial charge in [0.05, 0.1) is 0 Å². The quantitative estimate of drug-likeness (QED) is 0.826. The Bertz CT molecular complexity index is 522. The van der Waals surface area contributed by atoms with Gasteiger partial charge in [-0.05, 0) is 17.5 Å². The maximum atomic E-state index is 12.8. The van der Waals surface area contributed by atoms with Gasteiger partial charge >= 0.3 is 0 Å². The highest BCUT2D eigenvalue weighted by molar-refractivity contribution is 5.88. The number of carbonyl (C=O) groups excluding carboxylic acids is 2. The molecule has 0 spiro atoms. The van der Waals surface area contributed by atoms with E-state index in [0.29, 0.717) is 25.9 Å². The number of carbonyl (C=O) groups is 2. The molecule has 1 aliphatic heterocycles. The van der Waals surface area contributed by atoms with Crippen molar-refractivity contribution in [2.45, 2.75) is 39.2 Å². The van der Waals surface area contributed by atoms with Crippen LogP contribution in [0.3, 0.4) is 0 Å². The van der Waals surface area contributed by atoms with Crippen molar-refractivity contribution in [2.75, 3.05) is 26.2 Å². The van der Waals surface area contributed by atoms with Crippen LogP contribution in [0.4, 0.5) is 0 Å². The van der Waals surface area contributed by atoms with E-state index in [4.69, 9.17) is 0 Å². The Balaban J connectivity index is 2.08. The van der Waals surface area contributed by atoms with Gasteiger partial charge < -0.3 is 15.5 Å². The Kier molecular flexibility index (Phi) is 6.59. The van der Waals surface area contributed by atoms with E-state index in [1.165, 1.54) is 5.56 Å². The van der Waals surface area contributed by atoms with E-state index in [-0.39, 0.29) is 11.8 Å². The highest BCUT2D eigenvalue weighted by Gasteiger charge is 2.26. The minimum Gasteiger partial charge on any atom is -0.344 e. The molecule has 23 heavy (non-hydrogen) atoms. The SMILES string of the molecule is CCC(=O)N[C@H](Cc1ccc(CC)cc1)C(=O)N1CCNCC1.